The molecule has 0 bridgehead atoms. The summed E-state index contributed by atoms with van der Waals surface area (Å²) in [6, 6.07) is 8.65. The molecule has 1 aliphatic rings. The van der Waals surface area contributed by atoms with Gasteiger partial charge in [-0.05, 0) is 32.8 Å². The van der Waals surface area contributed by atoms with E-state index in [1.165, 1.54) is 0 Å². The Morgan fingerprint density at radius 2 is 1.83 bits per heavy atom. The molecule has 1 saturated heterocycles. The van der Waals surface area contributed by atoms with E-state index in [0.717, 1.165) is 16.9 Å². The van der Waals surface area contributed by atoms with Crippen LogP contribution in [-0.2, 0) is 15.1 Å². The minimum atomic E-state index is -1.09. The van der Waals surface area contributed by atoms with Crippen LogP contribution < -0.4 is 10.6 Å². The average molecular weight is 331 g/mol. The Hall–Kier alpha value is -2.37. The van der Waals surface area contributed by atoms with Crippen LogP contribution in [0.2, 0.25) is 0 Å². The van der Waals surface area contributed by atoms with Crippen molar-refractivity contribution in [2.45, 2.75) is 51.6 Å². The highest BCUT2D eigenvalue weighted by atomic mass is 16.2. The third-order valence-electron chi connectivity index (χ3n) is 3.88. The van der Waals surface area contributed by atoms with Crippen molar-refractivity contribution in [1.82, 2.24) is 15.5 Å². The predicted molar refractivity (Wildman–Crippen MR) is 91.2 cm³/mol. The van der Waals surface area contributed by atoms with Gasteiger partial charge >= 0.3 is 6.03 Å². The highest BCUT2D eigenvalue weighted by molar-refractivity contribution is 6.09. The topological polar surface area (TPSA) is 78.5 Å². The van der Waals surface area contributed by atoms with E-state index in [1.54, 1.807) is 0 Å². The van der Waals surface area contributed by atoms with E-state index in [-0.39, 0.29) is 18.4 Å². The SMILES string of the molecule is CCC[C@]1(c2ccccc2)NC(=O)N(CC(=O)NC(C)(C)C)C1=O. The highest BCUT2D eigenvalue weighted by Crippen LogP contribution is 2.33. The number of carbonyl (C=O) groups excluding carboxylic acids is 3. The quantitative estimate of drug-likeness (QED) is 0.812. The normalized spacial score (nSPS) is 20.9. The molecule has 1 aliphatic heterocycles. The Balaban J connectivity index is 2.27. The summed E-state index contributed by atoms with van der Waals surface area (Å²) in [7, 11) is 0. The van der Waals surface area contributed by atoms with Crippen LogP contribution in [0, 0.1) is 0 Å². The molecule has 1 aromatic carbocycles. The molecule has 6 nitrogen and oxygen atoms in total. The standard InChI is InChI=1S/C18H25N3O3/c1-5-11-18(13-9-7-6-8-10-13)15(23)21(16(24)20-18)12-14(22)19-17(2,3)4/h6-10H,5,11-12H2,1-4H3,(H,19,22)(H,20,24)/t18-/m1/s1. The first-order valence-electron chi connectivity index (χ1n) is 8.20. The lowest BCUT2D eigenvalue weighted by molar-refractivity contribution is -0.135. The van der Waals surface area contributed by atoms with Crippen LogP contribution in [0.5, 0.6) is 0 Å². The molecule has 24 heavy (non-hydrogen) atoms. The van der Waals surface area contributed by atoms with E-state index in [2.05, 4.69) is 10.6 Å². The van der Waals surface area contributed by atoms with Gasteiger partial charge in [0, 0.05) is 5.54 Å². The van der Waals surface area contributed by atoms with Crippen molar-refractivity contribution >= 4 is 17.8 Å². The molecule has 0 saturated carbocycles. The number of nitrogens with zero attached hydrogens (tertiary/aromatic N) is 1. The lowest BCUT2D eigenvalue weighted by Crippen LogP contribution is -2.48. The third-order valence-corrected chi connectivity index (χ3v) is 3.88. The summed E-state index contributed by atoms with van der Waals surface area (Å²) >= 11 is 0. The van der Waals surface area contributed by atoms with Crippen LogP contribution in [0.4, 0.5) is 4.79 Å². The number of hydrogen-bond acceptors (Lipinski definition) is 3. The van der Waals surface area contributed by atoms with Crippen molar-refractivity contribution in [2.75, 3.05) is 6.54 Å². The molecular weight excluding hydrogens is 306 g/mol. The monoisotopic (exact) mass is 331 g/mol. The number of hydrogen-bond donors (Lipinski definition) is 2. The summed E-state index contributed by atoms with van der Waals surface area (Å²) in [6.07, 6.45) is 1.21. The number of nitrogens with one attached hydrogen (secondary N) is 2. The maximum Gasteiger partial charge on any atom is 0.325 e. The Kier molecular flexibility index (Phi) is 4.96. The first-order chi connectivity index (χ1) is 11.2. The third kappa shape index (κ3) is 3.58. The van der Waals surface area contributed by atoms with Crippen LogP contribution in [0.25, 0.3) is 0 Å². The first kappa shape index (κ1) is 18.0. The number of imide groups is 1. The van der Waals surface area contributed by atoms with Gasteiger partial charge < -0.3 is 10.6 Å². The van der Waals surface area contributed by atoms with E-state index >= 15 is 0 Å². The van der Waals surface area contributed by atoms with Crippen molar-refractivity contribution in [1.29, 1.82) is 0 Å². The molecule has 0 aliphatic carbocycles. The van der Waals surface area contributed by atoms with Gasteiger partial charge in [-0.25, -0.2) is 4.79 Å². The summed E-state index contributed by atoms with van der Waals surface area (Å²) in [5, 5.41) is 5.58. The zero-order chi connectivity index (χ0) is 18.0. The van der Waals surface area contributed by atoms with Crippen LogP contribution in [-0.4, -0.2) is 34.8 Å². The van der Waals surface area contributed by atoms with Gasteiger partial charge in [-0.1, -0.05) is 43.7 Å². The van der Waals surface area contributed by atoms with Gasteiger partial charge in [0.2, 0.25) is 5.91 Å². The van der Waals surface area contributed by atoms with Gasteiger partial charge in [0.05, 0.1) is 0 Å². The molecular formula is C18H25N3O3. The first-order valence-corrected chi connectivity index (χ1v) is 8.20. The van der Waals surface area contributed by atoms with E-state index in [9.17, 15) is 14.4 Å². The second-order valence-corrected chi connectivity index (χ2v) is 7.14. The zero-order valence-corrected chi connectivity index (χ0v) is 14.7. The number of carbonyl (C=O) groups is 3. The largest absolute Gasteiger partial charge is 0.350 e. The van der Waals surface area contributed by atoms with Gasteiger partial charge in [-0.2, -0.15) is 0 Å². The molecule has 2 rings (SSSR count). The fourth-order valence-corrected chi connectivity index (χ4v) is 2.98. The maximum absolute atomic E-state index is 13.0. The second-order valence-electron chi connectivity index (χ2n) is 7.14. The minimum absolute atomic E-state index is 0.278. The van der Waals surface area contributed by atoms with Gasteiger partial charge in [0.25, 0.3) is 5.91 Å². The fraction of sp³-hybridized carbons (Fsp3) is 0.500. The molecule has 6 heteroatoms. The molecule has 0 spiro atoms. The van der Waals surface area contributed by atoms with Crippen LogP contribution in [0.1, 0.15) is 46.1 Å². The maximum atomic E-state index is 13.0. The van der Waals surface area contributed by atoms with Crippen LogP contribution >= 0.6 is 0 Å². The number of amides is 4. The summed E-state index contributed by atoms with van der Waals surface area (Å²) < 4.78 is 0. The van der Waals surface area contributed by atoms with Crippen molar-refractivity contribution in [3.8, 4) is 0 Å². The summed E-state index contributed by atoms with van der Waals surface area (Å²) in [4.78, 5) is 38.5. The number of benzene rings is 1. The van der Waals surface area contributed by atoms with E-state index < -0.39 is 17.1 Å². The minimum Gasteiger partial charge on any atom is -0.350 e. The smallest absolute Gasteiger partial charge is 0.325 e. The molecule has 2 N–H and O–H groups in total. The fourth-order valence-electron chi connectivity index (χ4n) is 2.98. The highest BCUT2D eigenvalue weighted by Gasteiger charge is 2.52. The predicted octanol–water partition coefficient (Wildman–Crippen LogP) is 2.15. The van der Waals surface area contributed by atoms with Gasteiger partial charge in [-0.3, -0.25) is 14.5 Å². The van der Waals surface area contributed by atoms with Crippen molar-refractivity contribution < 1.29 is 14.4 Å². The lowest BCUT2D eigenvalue weighted by Gasteiger charge is -2.27. The molecule has 0 unspecified atom stereocenters. The van der Waals surface area contributed by atoms with Crippen molar-refractivity contribution in [3.63, 3.8) is 0 Å². The molecule has 0 aromatic heterocycles. The molecule has 1 aromatic rings. The molecule has 1 heterocycles. The Morgan fingerprint density at radius 1 is 1.21 bits per heavy atom. The van der Waals surface area contributed by atoms with Crippen LogP contribution in [0.3, 0.4) is 0 Å². The summed E-state index contributed by atoms with van der Waals surface area (Å²) in [5.74, 6) is -0.726. The Bertz CT molecular complexity index is 637. The average Bonchev–Trinajstić information content (AvgIpc) is 2.72. The summed E-state index contributed by atoms with van der Waals surface area (Å²) in [5.41, 5.74) is -0.769. The van der Waals surface area contributed by atoms with Crippen molar-refractivity contribution in [2.24, 2.45) is 0 Å². The molecule has 0 radical (unpaired) electrons. The van der Waals surface area contributed by atoms with Crippen molar-refractivity contribution in [3.05, 3.63) is 35.9 Å². The lowest BCUT2D eigenvalue weighted by atomic mass is 9.85. The molecule has 130 valence electrons. The van der Waals surface area contributed by atoms with Crippen LogP contribution in [0.15, 0.2) is 30.3 Å². The van der Waals surface area contributed by atoms with E-state index in [1.807, 2.05) is 58.0 Å². The van der Waals surface area contributed by atoms with Gasteiger partial charge in [0.1, 0.15) is 12.1 Å². The molecule has 1 atom stereocenters. The Labute approximate surface area is 142 Å². The van der Waals surface area contributed by atoms with E-state index in [0.29, 0.717) is 6.42 Å². The van der Waals surface area contributed by atoms with Gasteiger partial charge in [0.15, 0.2) is 0 Å². The van der Waals surface area contributed by atoms with E-state index in [4.69, 9.17) is 0 Å². The second kappa shape index (κ2) is 6.63. The summed E-state index contributed by atoms with van der Waals surface area (Å²) in [6.45, 7) is 7.23. The number of urea groups is 1. The number of rotatable bonds is 5. The zero-order valence-electron chi connectivity index (χ0n) is 14.7. The molecule has 1 fully saturated rings. The van der Waals surface area contributed by atoms with Gasteiger partial charge in [-0.15, -0.1) is 0 Å². The molecule has 4 amide bonds. The Morgan fingerprint density at radius 3 is 2.38 bits per heavy atom.